The first kappa shape index (κ1) is 42.5. The van der Waals surface area contributed by atoms with E-state index in [4.69, 9.17) is 0 Å². The van der Waals surface area contributed by atoms with E-state index in [2.05, 4.69) is 129 Å². The molecule has 3 aromatic rings. The molecular formula is C43H61Br2N7O2. The van der Waals surface area contributed by atoms with Gasteiger partial charge in [-0.25, -0.2) is 0 Å². The molecule has 4 aliphatic heterocycles. The number of nitrogens with one attached hydrogen (secondary N) is 1. The van der Waals surface area contributed by atoms with Gasteiger partial charge in [-0.1, -0.05) is 89.5 Å². The number of hydrogen-bond donors (Lipinski definition) is 1. The predicted octanol–water partition coefficient (Wildman–Crippen LogP) is 6.91. The van der Waals surface area contributed by atoms with Gasteiger partial charge in [0.1, 0.15) is 0 Å². The normalized spacial score (nSPS) is 20.7. The summed E-state index contributed by atoms with van der Waals surface area (Å²) in [6, 6.07) is 20.9. The number of halogens is 2. The van der Waals surface area contributed by atoms with Crippen molar-refractivity contribution >= 4 is 43.7 Å². The zero-order chi connectivity index (χ0) is 37.3. The van der Waals surface area contributed by atoms with Crippen LogP contribution in [0.4, 0.5) is 0 Å². The van der Waals surface area contributed by atoms with Crippen molar-refractivity contribution in [1.82, 2.24) is 34.8 Å². The Bertz CT molecular complexity index is 1630. The number of rotatable bonds is 8. The second-order valence-corrected chi connectivity index (χ2v) is 17.5. The summed E-state index contributed by atoms with van der Waals surface area (Å²) in [5.74, 6) is 0.714. The number of hydrogen-bond acceptors (Lipinski definition) is 7. The molecule has 7 rings (SSSR count). The van der Waals surface area contributed by atoms with Crippen LogP contribution in [0.3, 0.4) is 0 Å². The molecule has 5 heterocycles. The lowest BCUT2D eigenvalue weighted by Crippen LogP contribution is -2.54. The van der Waals surface area contributed by atoms with Crippen LogP contribution >= 0.6 is 31.9 Å². The summed E-state index contributed by atoms with van der Waals surface area (Å²) < 4.78 is 2.33. The quantitative estimate of drug-likeness (QED) is 0.264. The Morgan fingerprint density at radius 3 is 1.44 bits per heavy atom. The van der Waals surface area contributed by atoms with Crippen molar-refractivity contribution in [1.29, 1.82) is 0 Å². The molecule has 4 aliphatic rings. The van der Waals surface area contributed by atoms with E-state index in [9.17, 15) is 9.59 Å². The summed E-state index contributed by atoms with van der Waals surface area (Å²) in [6.07, 6.45) is 7.50. The van der Waals surface area contributed by atoms with Crippen LogP contribution in [-0.2, 0) is 29.2 Å². The smallest absolute Gasteiger partial charge is 0.228 e. The number of amides is 2. The van der Waals surface area contributed by atoms with E-state index in [0.717, 1.165) is 128 Å². The third kappa shape index (κ3) is 11.2. The van der Waals surface area contributed by atoms with E-state index in [1.807, 2.05) is 24.5 Å². The number of likely N-dealkylation sites (tertiary alicyclic amines) is 1. The predicted molar refractivity (Wildman–Crippen MR) is 226 cm³/mol. The lowest BCUT2D eigenvalue weighted by atomic mass is 9.78. The highest BCUT2D eigenvalue weighted by atomic mass is 79.9. The topological polar surface area (TPSA) is 75.3 Å². The lowest BCUT2D eigenvalue weighted by molar-refractivity contribution is -0.146. The zero-order valence-electron chi connectivity index (χ0n) is 31.6. The van der Waals surface area contributed by atoms with Gasteiger partial charge < -0.3 is 15.1 Å². The monoisotopic (exact) mass is 865 g/mol. The molecule has 0 aliphatic carbocycles. The molecule has 4 saturated heterocycles. The van der Waals surface area contributed by atoms with E-state index < -0.39 is 0 Å². The Morgan fingerprint density at radius 2 is 1.00 bits per heavy atom. The standard InChI is InChI=1S/C24H31BrN4O.C18H26BrN3O.CH4/c1-24(8-12-27(13-9-24)18-20-6-10-26-11-7-20)23(30)29-16-14-28(15-17-29)19-21-4-2-3-5-22(21)25;1-18(6-8-20-9-7-18)17(23)22-12-10-21(11-13-22)14-15-4-2-3-5-16(15)19;/h2-7,10-11H,8-9,12-19H2,1H3;2-5,20H,6-14H2,1H3;1H4. The number of carbonyl (C=O) groups excluding carboxylic acids is 2. The summed E-state index contributed by atoms with van der Waals surface area (Å²) in [5, 5.41) is 3.35. The molecule has 2 aromatic carbocycles. The number of pyridine rings is 1. The molecule has 11 heteroatoms. The Kier molecular flexibility index (Phi) is 15.7. The molecule has 1 aromatic heterocycles. The fourth-order valence-corrected chi connectivity index (χ4v) is 8.89. The number of nitrogens with zero attached hydrogens (tertiary/aromatic N) is 6. The van der Waals surface area contributed by atoms with Crippen LogP contribution in [0.1, 0.15) is 63.6 Å². The van der Waals surface area contributed by atoms with Crippen molar-refractivity contribution in [3.8, 4) is 0 Å². The van der Waals surface area contributed by atoms with Crippen LogP contribution in [0.5, 0.6) is 0 Å². The van der Waals surface area contributed by atoms with Gasteiger partial charge in [0, 0.05) is 104 Å². The molecule has 0 bridgehead atoms. The molecular weight excluding hydrogens is 806 g/mol. The fourth-order valence-electron chi connectivity index (χ4n) is 8.07. The Labute approximate surface area is 341 Å². The third-order valence-corrected chi connectivity index (χ3v) is 13.4. The van der Waals surface area contributed by atoms with E-state index >= 15 is 0 Å². The van der Waals surface area contributed by atoms with Gasteiger partial charge >= 0.3 is 0 Å². The molecule has 4 fully saturated rings. The van der Waals surface area contributed by atoms with Crippen LogP contribution in [-0.4, -0.2) is 120 Å². The summed E-state index contributed by atoms with van der Waals surface area (Å²) >= 11 is 7.26. The average Bonchev–Trinajstić information content (AvgIpc) is 3.19. The molecule has 294 valence electrons. The van der Waals surface area contributed by atoms with Gasteiger partial charge in [0.05, 0.1) is 0 Å². The minimum atomic E-state index is -0.223. The van der Waals surface area contributed by atoms with Crippen molar-refractivity contribution in [2.24, 2.45) is 10.8 Å². The number of carbonyl (C=O) groups is 2. The second kappa shape index (κ2) is 20.0. The molecule has 2 amide bonds. The van der Waals surface area contributed by atoms with Crippen molar-refractivity contribution in [3.05, 3.63) is 98.7 Å². The van der Waals surface area contributed by atoms with Crippen LogP contribution in [0.25, 0.3) is 0 Å². The van der Waals surface area contributed by atoms with Crippen LogP contribution < -0.4 is 5.32 Å². The maximum Gasteiger partial charge on any atom is 0.228 e. The van der Waals surface area contributed by atoms with Gasteiger partial charge in [0.15, 0.2) is 0 Å². The van der Waals surface area contributed by atoms with Crippen molar-refractivity contribution < 1.29 is 9.59 Å². The highest BCUT2D eigenvalue weighted by Gasteiger charge is 2.41. The van der Waals surface area contributed by atoms with Crippen LogP contribution in [0, 0.1) is 10.8 Å². The van der Waals surface area contributed by atoms with E-state index in [-0.39, 0.29) is 18.3 Å². The van der Waals surface area contributed by atoms with E-state index in [1.165, 1.54) is 21.2 Å². The van der Waals surface area contributed by atoms with Crippen molar-refractivity contribution in [2.45, 2.75) is 66.6 Å². The zero-order valence-corrected chi connectivity index (χ0v) is 34.8. The first-order chi connectivity index (χ1) is 25.6. The Morgan fingerprint density at radius 1 is 0.593 bits per heavy atom. The van der Waals surface area contributed by atoms with Gasteiger partial charge in [-0.15, -0.1) is 0 Å². The first-order valence-corrected chi connectivity index (χ1v) is 21.0. The van der Waals surface area contributed by atoms with Crippen LogP contribution in [0.15, 0.2) is 82.0 Å². The fraction of sp³-hybridized carbons (Fsp3) is 0.558. The summed E-state index contributed by atoms with van der Waals surface area (Å²) in [4.78, 5) is 41.8. The number of piperidine rings is 2. The van der Waals surface area contributed by atoms with Gasteiger partial charge in [-0.2, -0.15) is 0 Å². The molecule has 0 saturated carbocycles. The van der Waals surface area contributed by atoms with E-state index in [0.29, 0.717) is 11.8 Å². The highest BCUT2D eigenvalue weighted by Crippen LogP contribution is 2.34. The minimum absolute atomic E-state index is 0. The molecule has 1 N–H and O–H groups in total. The molecule has 9 nitrogen and oxygen atoms in total. The number of aromatic nitrogens is 1. The molecule has 54 heavy (non-hydrogen) atoms. The van der Waals surface area contributed by atoms with Gasteiger partial charge in [0.2, 0.25) is 11.8 Å². The van der Waals surface area contributed by atoms with Crippen molar-refractivity contribution in [2.75, 3.05) is 78.5 Å². The largest absolute Gasteiger partial charge is 0.340 e. The number of piperazine rings is 2. The molecule has 0 spiro atoms. The van der Waals surface area contributed by atoms with Crippen LogP contribution in [0.2, 0.25) is 0 Å². The minimum Gasteiger partial charge on any atom is -0.340 e. The SMILES string of the molecule is C.CC1(C(=O)N2CCN(Cc3ccccc3Br)CC2)CCN(Cc2ccncc2)CC1.CC1(C(=O)N2CCN(Cc3ccccc3Br)CC2)CCNCC1. The van der Waals surface area contributed by atoms with Gasteiger partial charge in [-0.05, 0) is 92.8 Å². The maximum atomic E-state index is 13.3. The Balaban J connectivity index is 0.000000211. The third-order valence-electron chi connectivity index (χ3n) is 11.9. The van der Waals surface area contributed by atoms with Gasteiger partial charge in [0.25, 0.3) is 0 Å². The summed E-state index contributed by atoms with van der Waals surface area (Å²) in [6.45, 7) is 18.2. The molecule has 0 atom stereocenters. The lowest BCUT2D eigenvalue weighted by Gasteiger charge is -2.43. The molecule has 0 radical (unpaired) electrons. The summed E-state index contributed by atoms with van der Waals surface area (Å²) in [5.41, 5.74) is 3.54. The van der Waals surface area contributed by atoms with Gasteiger partial charge in [-0.3, -0.25) is 29.3 Å². The Hall–Kier alpha value is -2.67. The maximum absolute atomic E-state index is 13.3. The number of benzene rings is 2. The first-order valence-electron chi connectivity index (χ1n) is 19.4. The second-order valence-electron chi connectivity index (χ2n) is 15.8. The highest BCUT2D eigenvalue weighted by molar-refractivity contribution is 9.10. The summed E-state index contributed by atoms with van der Waals surface area (Å²) in [7, 11) is 0. The molecule has 0 unspecified atom stereocenters. The van der Waals surface area contributed by atoms with Crippen molar-refractivity contribution in [3.63, 3.8) is 0 Å². The van der Waals surface area contributed by atoms with E-state index in [1.54, 1.807) is 0 Å². The average molecular weight is 868 g/mol.